The Labute approximate surface area is 64.3 Å². The molecule has 1 saturated heterocycles. The Morgan fingerprint density at radius 3 is 2.36 bits per heavy atom. The monoisotopic (exact) mass is 163 g/mol. The molecule has 0 radical (unpaired) electrons. The van der Waals surface area contributed by atoms with E-state index in [1.165, 1.54) is 0 Å². The van der Waals surface area contributed by atoms with Crippen LogP contribution >= 0.6 is 0 Å². The lowest BCUT2D eigenvalue weighted by Crippen LogP contribution is -2.60. The summed E-state index contributed by atoms with van der Waals surface area (Å²) >= 11 is 0. The van der Waals surface area contributed by atoms with Crippen LogP contribution in [0.4, 0.5) is 0 Å². The predicted molar refractivity (Wildman–Crippen MR) is 36.9 cm³/mol. The molecule has 5 N–H and O–H groups in total. The fourth-order valence-corrected chi connectivity index (χ4v) is 1.15. The van der Waals surface area contributed by atoms with Crippen LogP contribution in [-0.2, 0) is 0 Å². The molecule has 1 heterocycles. The summed E-state index contributed by atoms with van der Waals surface area (Å²) in [7, 11) is 0. The van der Waals surface area contributed by atoms with Gasteiger partial charge in [0.2, 0.25) is 0 Å². The SMILES string of the molecule is OC[C@@H]1NCC(O)C(O)C1O. The third-order valence-corrected chi connectivity index (χ3v) is 1.94. The summed E-state index contributed by atoms with van der Waals surface area (Å²) in [5, 5.41) is 38.6. The van der Waals surface area contributed by atoms with E-state index in [-0.39, 0.29) is 13.2 Å². The van der Waals surface area contributed by atoms with Gasteiger partial charge in [0.15, 0.2) is 0 Å². The second-order valence-corrected chi connectivity index (χ2v) is 2.75. The van der Waals surface area contributed by atoms with Crippen molar-refractivity contribution >= 4 is 0 Å². The molecule has 0 spiro atoms. The van der Waals surface area contributed by atoms with E-state index in [1.807, 2.05) is 0 Å². The summed E-state index contributed by atoms with van der Waals surface area (Å²) in [5.41, 5.74) is 0. The second-order valence-electron chi connectivity index (χ2n) is 2.75. The lowest BCUT2D eigenvalue weighted by molar-refractivity contribution is -0.101. The fraction of sp³-hybridized carbons (Fsp3) is 1.00. The van der Waals surface area contributed by atoms with E-state index in [4.69, 9.17) is 15.3 Å². The highest BCUT2D eigenvalue weighted by atomic mass is 16.4. The first-order valence-corrected chi connectivity index (χ1v) is 3.55. The van der Waals surface area contributed by atoms with E-state index in [2.05, 4.69) is 5.32 Å². The number of aliphatic hydroxyl groups excluding tert-OH is 4. The van der Waals surface area contributed by atoms with Crippen LogP contribution < -0.4 is 5.32 Å². The molecule has 0 aromatic rings. The predicted octanol–water partition coefficient (Wildman–Crippen LogP) is -2.97. The maximum atomic E-state index is 9.18. The van der Waals surface area contributed by atoms with Gasteiger partial charge in [0.25, 0.3) is 0 Å². The quantitative estimate of drug-likeness (QED) is 0.285. The summed E-state index contributed by atoms with van der Waals surface area (Å²) in [6.07, 6.45) is -3.20. The average molecular weight is 163 g/mol. The van der Waals surface area contributed by atoms with Crippen molar-refractivity contribution in [2.45, 2.75) is 24.4 Å². The Kier molecular flexibility index (Phi) is 2.80. The highest BCUT2D eigenvalue weighted by Crippen LogP contribution is 2.09. The molecule has 0 amide bonds. The number of piperidine rings is 1. The van der Waals surface area contributed by atoms with E-state index >= 15 is 0 Å². The molecule has 5 nitrogen and oxygen atoms in total. The minimum Gasteiger partial charge on any atom is -0.395 e. The van der Waals surface area contributed by atoms with Gasteiger partial charge in [-0.2, -0.15) is 0 Å². The van der Waals surface area contributed by atoms with E-state index in [9.17, 15) is 5.11 Å². The van der Waals surface area contributed by atoms with Crippen molar-refractivity contribution in [1.29, 1.82) is 0 Å². The standard InChI is InChI=1S/C6H13NO4/c8-2-3-5(10)6(11)4(9)1-7-3/h3-11H,1-2H2/t3-,4?,5?,6?/m0/s1. The van der Waals surface area contributed by atoms with Gasteiger partial charge < -0.3 is 25.7 Å². The molecule has 3 unspecified atom stereocenters. The number of aliphatic hydroxyl groups is 4. The first-order chi connectivity index (χ1) is 5.16. The van der Waals surface area contributed by atoms with Gasteiger partial charge in [-0.25, -0.2) is 0 Å². The minimum absolute atomic E-state index is 0.198. The zero-order valence-corrected chi connectivity index (χ0v) is 6.01. The third kappa shape index (κ3) is 1.69. The van der Waals surface area contributed by atoms with Gasteiger partial charge in [0, 0.05) is 6.54 Å². The molecule has 4 atom stereocenters. The van der Waals surface area contributed by atoms with Crippen LogP contribution in [-0.4, -0.2) is 57.9 Å². The molecule has 1 fully saturated rings. The molecular weight excluding hydrogens is 150 g/mol. The van der Waals surface area contributed by atoms with Crippen LogP contribution in [0, 0.1) is 0 Å². The summed E-state index contributed by atoms with van der Waals surface area (Å²) in [6.45, 7) is -0.0472. The van der Waals surface area contributed by atoms with Crippen LogP contribution in [0.5, 0.6) is 0 Å². The Morgan fingerprint density at radius 1 is 1.18 bits per heavy atom. The van der Waals surface area contributed by atoms with E-state index < -0.39 is 24.4 Å². The van der Waals surface area contributed by atoms with Crippen LogP contribution in [0.1, 0.15) is 0 Å². The molecular formula is C6H13NO4. The third-order valence-electron chi connectivity index (χ3n) is 1.94. The summed E-state index contributed by atoms with van der Waals surface area (Å²) in [5.74, 6) is 0. The molecule has 0 aliphatic carbocycles. The summed E-state index contributed by atoms with van der Waals surface area (Å²) in [4.78, 5) is 0. The molecule has 5 heteroatoms. The topological polar surface area (TPSA) is 93.0 Å². The first kappa shape index (κ1) is 8.89. The number of β-amino-alcohol motifs (C(OH)–C–C–N with tert-alkyl or cyclic N) is 1. The number of hydrogen-bond acceptors (Lipinski definition) is 5. The van der Waals surface area contributed by atoms with Crippen molar-refractivity contribution in [2.75, 3.05) is 13.2 Å². The van der Waals surface area contributed by atoms with Gasteiger partial charge in [-0.15, -0.1) is 0 Å². The number of hydrogen-bond donors (Lipinski definition) is 5. The van der Waals surface area contributed by atoms with Gasteiger partial charge in [0.05, 0.1) is 24.9 Å². The molecule has 0 saturated carbocycles. The largest absolute Gasteiger partial charge is 0.395 e. The lowest BCUT2D eigenvalue weighted by atomic mass is 9.97. The highest BCUT2D eigenvalue weighted by molar-refractivity contribution is 4.91. The molecule has 11 heavy (non-hydrogen) atoms. The number of rotatable bonds is 1. The van der Waals surface area contributed by atoms with Crippen molar-refractivity contribution in [3.8, 4) is 0 Å². The fourth-order valence-electron chi connectivity index (χ4n) is 1.15. The van der Waals surface area contributed by atoms with E-state index in [1.54, 1.807) is 0 Å². The second kappa shape index (κ2) is 3.46. The lowest BCUT2D eigenvalue weighted by Gasteiger charge is -2.34. The maximum absolute atomic E-state index is 9.18. The normalized spacial score (nSPS) is 45.8. The van der Waals surface area contributed by atoms with Crippen LogP contribution in [0.3, 0.4) is 0 Å². The molecule has 1 rings (SSSR count). The summed E-state index contributed by atoms with van der Waals surface area (Å²) < 4.78 is 0. The smallest absolute Gasteiger partial charge is 0.109 e. The van der Waals surface area contributed by atoms with Crippen molar-refractivity contribution in [2.24, 2.45) is 0 Å². The molecule has 1 aliphatic rings. The molecule has 1 aliphatic heterocycles. The van der Waals surface area contributed by atoms with E-state index in [0.717, 1.165) is 0 Å². The van der Waals surface area contributed by atoms with Gasteiger partial charge >= 0.3 is 0 Å². The zero-order chi connectivity index (χ0) is 8.43. The van der Waals surface area contributed by atoms with Gasteiger partial charge in [-0.1, -0.05) is 0 Å². The number of nitrogens with one attached hydrogen (secondary N) is 1. The highest BCUT2D eigenvalue weighted by Gasteiger charge is 2.35. The van der Waals surface area contributed by atoms with Crippen molar-refractivity contribution < 1.29 is 20.4 Å². The van der Waals surface area contributed by atoms with Gasteiger partial charge in [0.1, 0.15) is 6.10 Å². The minimum atomic E-state index is -1.16. The van der Waals surface area contributed by atoms with Crippen LogP contribution in [0.25, 0.3) is 0 Å². The molecule has 0 aromatic carbocycles. The summed E-state index contributed by atoms with van der Waals surface area (Å²) in [6, 6.07) is -0.534. The Hall–Kier alpha value is -0.200. The Bertz CT molecular complexity index is 130. The molecule has 0 bridgehead atoms. The van der Waals surface area contributed by atoms with Crippen molar-refractivity contribution in [1.82, 2.24) is 5.32 Å². The Morgan fingerprint density at radius 2 is 1.82 bits per heavy atom. The van der Waals surface area contributed by atoms with Crippen LogP contribution in [0.15, 0.2) is 0 Å². The Balaban J connectivity index is 2.52. The zero-order valence-electron chi connectivity index (χ0n) is 6.01. The average Bonchev–Trinajstić information content (AvgIpc) is 2.01. The van der Waals surface area contributed by atoms with Crippen LogP contribution in [0.2, 0.25) is 0 Å². The van der Waals surface area contributed by atoms with Crippen molar-refractivity contribution in [3.05, 3.63) is 0 Å². The van der Waals surface area contributed by atoms with Crippen molar-refractivity contribution in [3.63, 3.8) is 0 Å². The maximum Gasteiger partial charge on any atom is 0.109 e. The molecule has 66 valence electrons. The van der Waals surface area contributed by atoms with Gasteiger partial charge in [-0.05, 0) is 0 Å². The first-order valence-electron chi connectivity index (χ1n) is 3.55. The molecule has 0 aromatic heterocycles. The van der Waals surface area contributed by atoms with E-state index in [0.29, 0.717) is 0 Å². The van der Waals surface area contributed by atoms with Gasteiger partial charge in [-0.3, -0.25) is 0 Å².